The molecule has 0 aromatic heterocycles. The largest absolute Gasteiger partial charge is 0.497 e. The van der Waals surface area contributed by atoms with Gasteiger partial charge in [0, 0.05) is 25.2 Å². The molecule has 0 saturated carbocycles. The first-order valence-electron chi connectivity index (χ1n) is 6.91. The van der Waals surface area contributed by atoms with E-state index in [-0.39, 0.29) is 12.4 Å². The number of halogens is 1. The quantitative estimate of drug-likeness (QED) is 0.888. The summed E-state index contributed by atoms with van der Waals surface area (Å²) < 4.78 is 18.6. The normalized spacial score (nSPS) is 10.9. The van der Waals surface area contributed by atoms with Crippen LogP contribution < -0.4 is 10.5 Å². The Morgan fingerprint density at radius 1 is 1.05 bits per heavy atom. The molecule has 0 spiro atoms. The molecular formula is C17H21FN2O. The lowest BCUT2D eigenvalue weighted by atomic mass is 10.1. The number of ether oxygens (including phenoxy) is 1. The lowest BCUT2D eigenvalue weighted by Crippen LogP contribution is -2.17. The van der Waals surface area contributed by atoms with Crippen molar-refractivity contribution in [3.05, 3.63) is 65.0 Å². The van der Waals surface area contributed by atoms with Crippen LogP contribution in [0, 0.1) is 5.82 Å². The van der Waals surface area contributed by atoms with Crippen molar-refractivity contribution in [3.63, 3.8) is 0 Å². The summed E-state index contributed by atoms with van der Waals surface area (Å²) in [6, 6.07) is 13.1. The van der Waals surface area contributed by atoms with E-state index in [0.29, 0.717) is 5.56 Å². The monoisotopic (exact) mass is 288 g/mol. The fraction of sp³-hybridized carbons (Fsp3) is 0.294. The molecule has 0 aliphatic rings. The summed E-state index contributed by atoms with van der Waals surface area (Å²) in [7, 11) is 3.69. The SMILES string of the molecule is COc1ccc(CN(C)Cc2ccc(F)c(CN)c2)cc1. The average molecular weight is 288 g/mol. The van der Waals surface area contributed by atoms with Crippen molar-refractivity contribution in [1.29, 1.82) is 0 Å². The van der Waals surface area contributed by atoms with Crippen molar-refractivity contribution in [2.45, 2.75) is 19.6 Å². The molecule has 3 nitrogen and oxygen atoms in total. The summed E-state index contributed by atoms with van der Waals surface area (Å²) >= 11 is 0. The van der Waals surface area contributed by atoms with Crippen LogP contribution in [0.25, 0.3) is 0 Å². The lowest BCUT2D eigenvalue weighted by molar-refractivity contribution is 0.318. The first kappa shape index (κ1) is 15.5. The molecule has 2 rings (SSSR count). The van der Waals surface area contributed by atoms with Gasteiger partial charge in [-0.1, -0.05) is 24.3 Å². The molecule has 2 N–H and O–H groups in total. The second-order valence-corrected chi connectivity index (χ2v) is 5.15. The van der Waals surface area contributed by atoms with Crippen LogP contribution in [-0.2, 0) is 19.6 Å². The van der Waals surface area contributed by atoms with Gasteiger partial charge in [-0.05, 0) is 36.4 Å². The second kappa shape index (κ2) is 7.20. The van der Waals surface area contributed by atoms with E-state index in [1.54, 1.807) is 13.2 Å². The third-order valence-corrected chi connectivity index (χ3v) is 3.39. The van der Waals surface area contributed by atoms with Crippen molar-refractivity contribution in [2.24, 2.45) is 5.73 Å². The Labute approximate surface area is 125 Å². The van der Waals surface area contributed by atoms with Crippen molar-refractivity contribution in [2.75, 3.05) is 14.2 Å². The van der Waals surface area contributed by atoms with Crippen LogP contribution in [-0.4, -0.2) is 19.1 Å². The molecule has 0 aliphatic carbocycles. The summed E-state index contributed by atoms with van der Waals surface area (Å²) in [4.78, 5) is 2.18. The van der Waals surface area contributed by atoms with Crippen LogP contribution in [0.4, 0.5) is 4.39 Å². The topological polar surface area (TPSA) is 38.5 Å². The van der Waals surface area contributed by atoms with Gasteiger partial charge in [-0.3, -0.25) is 4.90 Å². The zero-order valence-corrected chi connectivity index (χ0v) is 12.5. The van der Waals surface area contributed by atoms with Gasteiger partial charge in [0.05, 0.1) is 7.11 Å². The third-order valence-electron chi connectivity index (χ3n) is 3.39. The number of methoxy groups -OCH3 is 1. The van der Waals surface area contributed by atoms with Crippen LogP contribution in [0.2, 0.25) is 0 Å². The number of nitrogens with two attached hydrogens (primary N) is 1. The summed E-state index contributed by atoms with van der Waals surface area (Å²) in [6.45, 7) is 1.79. The second-order valence-electron chi connectivity index (χ2n) is 5.15. The van der Waals surface area contributed by atoms with E-state index in [0.717, 1.165) is 24.4 Å². The van der Waals surface area contributed by atoms with E-state index < -0.39 is 0 Å². The van der Waals surface area contributed by atoms with Gasteiger partial charge in [0.1, 0.15) is 11.6 Å². The Bertz CT molecular complexity index is 584. The lowest BCUT2D eigenvalue weighted by Gasteiger charge is -2.17. The molecule has 0 aliphatic heterocycles. The van der Waals surface area contributed by atoms with Crippen LogP contribution in [0.3, 0.4) is 0 Å². The molecular weight excluding hydrogens is 267 g/mol. The van der Waals surface area contributed by atoms with Gasteiger partial charge in [-0.15, -0.1) is 0 Å². The maximum absolute atomic E-state index is 13.4. The maximum Gasteiger partial charge on any atom is 0.127 e. The fourth-order valence-electron chi connectivity index (χ4n) is 2.29. The van der Waals surface area contributed by atoms with E-state index >= 15 is 0 Å². The summed E-state index contributed by atoms with van der Waals surface area (Å²) in [6.07, 6.45) is 0. The van der Waals surface area contributed by atoms with Gasteiger partial charge in [0.2, 0.25) is 0 Å². The van der Waals surface area contributed by atoms with E-state index in [2.05, 4.69) is 4.90 Å². The minimum absolute atomic E-state index is 0.224. The van der Waals surface area contributed by atoms with E-state index in [9.17, 15) is 4.39 Å². The molecule has 0 atom stereocenters. The highest BCUT2D eigenvalue weighted by atomic mass is 19.1. The standard InChI is InChI=1S/C17H21FN2O/c1-20(11-13-3-6-16(21-2)7-4-13)12-14-5-8-17(18)15(9-14)10-19/h3-9H,10-12,19H2,1-2H3. The molecule has 21 heavy (non-hydrogen) atoms. The predicted molar refractivity (Wildman–Crippen MR) is 82.5 cm³/mol. The average Bonchev–Trinajstić information content (AvgIpc) is 2.50. The Kier molecular flexibility index (Phi) is 5.31. The molecule has 112 valence electrons. The molecule has 2 aromatic carbocycles. The van der Waals surface area contributed by atoms with Gasteiger partial charge in [-0.25, -0.2) is 4.39 Å². The molecule has 0 radical (unpaired) electrons. The minimum atomic E-state index is -0.237. The van der Waals surface area contributed by atoms with Crippen LogP contribution in [0.15, 0.2) is 42.5 Å². The molecule has 2 aromatic rings. The van der Waals surface area contributed by atoms with E-state index in [1.807, 2.05) is 37.4 Å². The maximum atomic E-state index is 13.4. The van der Waals surface area contributed by atoms with Gasteiger partial charge in [-0.2, -0.15) is 0 Å². The fourth-order valence-corrected chi connectivity index (χ4v) is 2.29. The Hall–Kier alpha value is -1.91. The number of hydrogen-bond acceptors (Lipinski definition) is 3. The van der Waals surface area contributed by atoms with Gasteiger partial charge in [0.25, 0.3) is 0 Å². The molecule has 4 heteroatoms. The minimum Gasteiger partial charge on any atom is -0.497 e. The molecule has 0 unspecified atom stereocenters. The Morgan fingerprint density at radius 2 is 1.67 bits per heavy atom. The summed E-state index contributed by atoms with van der Waals surface area (Å²) in [5, 5.41) is 0. The summed E-state index contributed by atoms with van der Waals surface area (Å²) in [5.41, 5.74) is 8.37. The number of rotatable bonds is 6. The highest BCUT2D eigenvalue weighted by Gasteiger charge is 2.06. The molecule has 0 saturated heterocycles. The van der Waals surface area contributed by atoms with Crippen LogP contribution in [0.5, 0.6) is 5.75 Å². The highest BCUT2D eigenvalue weighted by molar-refractivity contribution is 5.28. The van der Waals surface area contributed by atoms with Crippen molar-refractivity contribution < 1.29 is 9.13 Å². The third kappa shape index (κ3) is 4.28. The number of hydrogen-bond donors (Lipinski definition) is 1. The van der Waals surface area contributed by atoms with E-state index in [4.69, 9.17) is 10.5 Å². The highest BCUT2D eigenvalue weighted by Crippen LogP contribution is 2.15. The van der Waals surface area contributed by atoms with Crippen LogP contribution in [0.1, 0.15) is 16.7 Å². The number of nitrogens with zero attached hydrogens (tertiary/aromatic N) is 1. The Balaban J connectivity index is 1.98. The summed E-state index contributed by atoms with van der Waals surface area (Å²) in [5.74, 6) is 0.617. The first-order chi connectivity index (χ1) is 10.1. The molecule has 0 heterocycles. The molecule has 0 fully saturated rings. The van der Waals surface area contributed by atoms with Crippen molar-refractivity contribution in [3.8, 4) is 5.75 Å². The number of benzene rings is 2. The zero-order chi connectivity index (χ0) is 15.2. The molecule has 0 bridgehead atoms. The van der Waals surface area contributed by atoms with Gasteiger partial charge >= 0.3 is 0 Å². The van der Waals surface area contributed by atoms with E-state index in [1.165, 1.54) is 11.6 Å². The van der Waals surface area contributed by atoms with Crippen LogP contribution >= 0.6 is 0 Å². The van der Waals surface area contributed by atoms with Gasteiger partial charge < -0.3 is 10.5 Å². The van der Waals surface area contributed by atoms with Gasteiger partial charge in [0.15, 0.2) is 0 Å². The smallest absolute Gasteiger partial charge is 0.127 e. The first-order valence-corrected chi connectivity index (χ1v) is 6.91. The van der Waals surface area contributed by atoms with Crippen molar-refractivity contribution in [1.82, 2.24) is 4.90 Å². The predicted octanol–water partition coefficient (Wildman–Crippen LogP) is 2.93. The zero-order valence-electron chi connectivity index (χ0n) is 12.5. The Morgan fingerprint density at radius 3 is 2.29 bits per heavy atom. The van der Waals surface area contributed by atoms with Crippen molar-refractivity contribution >= 4 is 0 Å². The molecule has 0 amide bonds.